The van der Waals surface area contributed by atoms with E-state index in [9.17, 15) is 13.2 Å². The third-order valence-corrected chi connectivity index (χ3v) is 7.44. The van der Waals surface area contributed by atoms with Crippen LogP contribution in [0.4, 0.5) is 0 Å². The molecule has 0 spiro atoms. The highest BCUT2D eigenvalue weighted by molar-refractivity contribution is 7.89. The Labute approximate surface area is 176 Å². The number of benzene rings is 2. The van der Waals surface area contributed by atoms with Crippen LogP contribution >= 0.6 is 0 Å². The molecule has 2 fully saturated rings. The molecular formula is C22H24N2O5S. The van der Waals surface area contributed by atoms with E-state index in [0.717, 1.165) is 31.2 Å². The number of hydrogen-bond donors (Lipinski definition) is 1. The number of carbonyl (C=O) groups is 1. The molecule has 158 valence electrons. The smallest absolute Gasteiger partial charge is 0.251 e. The number of rotatable bonds is 7. The number of sulfonamides is 1. The van der Waals surface area contributed by atoms with Crippen molar-refractivity contribution in [2.24, 2.45) is 0 Å². The van der Waals surface area contributed by atoms with E-state index in [1.54, 1.807) is 34.6 Å². The van der Waals surface area contributed by atoms with Gasteiger partial charge in [-0.3, -0.25) is 4.79 Å². The molecule has 2 saturated carbocycles. The Kier molecular flexibility index (Phi) is 4.91. The zero-order valence-corrected chi connectivity index (χ0v) is 17.4. The molecule has 30 heavy (non-hydrogen) atoms. The quantitative estimate of drug-likeness (QED) is 0.733. The lowest BCUT2D eigenvalue weighted by molar-refractivity contribution is 0.0951. The van der Waals surface area contributed by atoms with Crippen LogP contribution in [0.5, 0.6) is 11.5 Å². The van der Waals surface area contributed by atoms with E-state index in [-0.39, 0.29) is 23.4 Å². The summed E-state index contributed by atoms with van der Waals surface area (Å²) in [5.41, 5.74) is 1.45. The van der Waals surface area contributed by atoms with Gasteiger partial charge in [0.1, 0.15) is 13.2 Å². The predicted octanol–water partition coefficient (Wildman–Crippen LogP) is 2.70. The Morgan fingerprint density at radius 3 is 2.33 bits per heavy atom. The lowest BCUT2D eigenvalue weighted by Crippen LogP contribution is -2.33. The van der Waals surface area contributed by atoms with E-state index >= 15 is 0 Å². The molecule has 2 aromatic carbocycles. The fraction of sp³-hybridized carbons (Fsp3) is 0.409. The Morgan fingerprint density at radius 2 is 1.67 bits per heavy atom. The second-order valence-corrected chi connectivity index (χ2v) is 9.92. The van der Waals surface area contributed by atoms with Crippen LogP contribution in [0.15, 0.2) is 47.4 Å². The summed E-state index contributed by atoms with van der Waals surface area (Å²) < 4.78 is 39.4. The number of nitrogens with one attached hydrogen (secondary N) is 1. The van der Waals surface area contributed by atoms with Gasteiger partial charge in [-0.25, -0.2) is 8.42 Å². The second-order valence-electron chi connectivity index (χ2n) is 8.03. The summed E-state index contributed by atoms with van der Waals surface area (Å²) in [6.45, 7) is 1.14. The number of carbonyl (C=O) groups excluding carboxylic acids is 1. The lowest BCUT2D eigenvalue weighted by Gasteiger charge is -2.24. The van der Waals surface area contributed by atoms with Crippen molar-refractivity contribution < 1.29 is 22.7 Å². The number of hydrogen-bond acceptors (Lipinski definition) is 5. The fourth-order valence-electron chi connectivity index (χ4n) is 3.53. The maximum absolute atomic E-state index is 13.4. The first kappa shape index (κ1) is 19.4. The first-order valence-corrected chi connectivity index (χ1v) is 11.8. The van der Waals surface area contributed by atoms with Crippen molar-refractivity contribution >= 4 is 15.9 Å². The fourth-order valence-corrected chi connectivity index (χ4v) is 5.22. The van der Waals surface area contributed by atoms with Crippen molar-refractivity contribution in [3.63, 3.8) is 0 Å². The van der Waals surface area contributed by atoms with Gasteiger partial charge in [-0.1, -0.05) is 12.1 Å². The Hall–Kier alpha value is -2.58. The zero-order chi connectivity index (χ0) is 20.7. The molecule has 0 aromatic heterocycles. The van der Waals surface area contributed by atoms with Gasteiger partial charge in [0, 0.05) is 30.3 Å². The van der Waals surface area contributed by atoms with Crippen molar-refractivity contribution in [1.82, 2.24) is 9.62 Å². The number of fused-ring (bicyclic) bond motifs is 1. The lowest BCUT2D eigenvalue weighted by atomic mass is 10.1. The second kappa shape index (κ2) is 7.59. The Balaban J connectivity index is 1.35. The van der Waals surface area contributed by atoms with Crippen LogP contribution in [0, 0.1) is 0 Å². The summed E-state index contributed by atoms with van der Waals surface area (Å²) in [6.07, 6.45) is 3.78. The molecule has 5 rings (SSSR count). The van der Waals surface area contributed by atoms with Gasteiger partial charge >= 0.3 is 0 Å². The first-order chi connectivity index (χ1) is 14.5. The zero-order valence-electron chi connectivity index (χ0n) is 16.5. The summed E-state index contributed by atoms with van der Waals surface area (Å²) in [7, 11) is -3.69. The summed E-state index contributed by atoms with van der Waals surface area (Å²) in [5.74, 6) is 0.953. The maximum Gasteiger partial charge on any atom is 0.251 e. The van der Waals surface area contributed by atoms with Gasteiger partial charge in [-0.2, -0.15) is 4.31 Å². The van der Waals surface area contributed by atoms with E-state index < -0.39 is 10.0 Å². The van der Waals surface area contributed by atoms with E-state index in [0.29, 0.717) is 36.3 Å². The van der Waals surface area contributed by atoms with Gasteiger partial charge in [0.2, 0.25) is 10.0 Å². The van der Waals surface area contributed by atoms with E-state index in [2.05, 4.69) is 5.32 Å². The minimum Gasteiger partial charge on any atom is -0.486 e. The molecular weight excluding hydrogens is 404 g/mol. The van der Waals surface area contributed by atoms with Crippen molar-refractivity contribution in [3.8, 4) is 11.5 Å². The van der Waals surface area contributed by atoms with Crippen LogP contribution in [0.25, 0.3) is 0 Å². The number of ether oxygens (including phenoxy) is 2. The third kappa shape index (κ3) is 4.02. The third-order valence-electron chi connectivity index (χ3n) is 5.54. The molecule has 1 N–H and O–H groups in total. The van der Waals surface area contributed by atoms with Crippen LogP contribution in [-0.4, -0.2) is 43.9 Å². The monoisotopic (exact) mass is 428 g/mol. The summed E-state index contributed by atoms with van der Waals surface area (Å²) in [5, 5.41) is 2.96. The predicted molar refractivity (Wildman–Crippen MR) is 110 cm³/mol. The van der Waals surface area contributed by atoms with Crippen LogP contribution in [0.2, 0.25) is 0 Å². The van der Waals surface area contributed by atoms with Crippen LogP contribution < -0.4 is 14.8 Å². The number of nitrogens with zero attached hydrogens (tertiary/aromatic N) is 1. The molecule has 1 aliphatic heterocycles. The highest BCUT2D eigenvalue weighted by Gasteiger charge is 2.38. The molecule has 3 aliphatic rings. The molecule has 1 heterocycles. The van der Waals surface area contributed by atoms with Crippen LogP contribution in [0.3, 0.4) is 0 Å². The van der Waals surface area contributed by atoms with Crippen molar-refractivity contribution in [1.29, 1.82) is 0 Å². The van der Waals surface area contributed by atoms with E-state index in [1.807, 2.05) is 12.1 Å². The van der Waals surface area contributed by atoms with Gasteiger partial charge in [0.25, 0.3) is 5.91 Å². The molecule has 8 heteroatoms. The Morgan fingerprint density at radius 1 is 0.967 bits per heavy atom. The largest absolute Gasteiger partial charge is 0.486 e. The highest BCUT2D eigenvalue weighted by Crippen LogP contribution is 2.37. The normalized spacial score (nSPS) is 18.3. The molecule has 0 unspecified atom stereocenters. The average Bonchev–Trinajstić information content (AvgIpc) is 3.67. The van der Waals surface area contributed by atoms with E-state index in [4.69, 9.17) is 9.47 Å². The van der Waals surface area contributed by atoms with Crippen LogP contribution in [-0.2, 0) is 16.6 Å². The molecule has 2 aliphatic carbocycles. The SMILES string of the molecule is O=C(NC1CC1)c1ccc(CN(C2CC2)S(=O)(=O)c2ccc3c(c2)OCCO3)cc1. The standard InChI is InChI=1S/C22H24N2O5S/c25-22(23-17-5-6-17)16-3-1-15(2-4-16)14-24(18-7-8-18)30(26,27)19-9-10-20-21(13-19)29-12-11-28-20/h1-4,9-10,13,17-18H,5-8,11-12,14H2,(H,23,25). The molecule has 0 bridgehead atoms. The summed E-state index contributed by atoms with van der Waals surface area (Å²) >= 11 is 0. The van der Waals surface area contributed by atoms with Gasteiger partial charge in [-0.15, -0.1) is 0 Å². The molecule has 1 amide bonds. The summed E-state index contributed by atoms with van der Waals surface area (Å²) in [6, 6.07) is 12.3. The Bertz CT molecular complexity index is 1060. The highest BCUT2D eigenvalue weighted by atomic mass is 32.2. The minimum atomic E-state index is -3.69. The average molecular weight is 429 g/mol. The molecule has 2 aromatic rings. The van der Waals surface area contributed by atoms with Gasteiger partial charge < -0.3 is 14.8 Å². The van der Waals surface area contributed by atoms with Gasteiger partial charge in [-0.05, 0) is 55.5 Å². The van der Waals surface area contributed by atoms with Crippen LogP contribution in [0.1, 0.15) is 41.6 Å². The van der Waals surface area contributed by atoms with Gasteiger partial charge in [0.05, 0.1) is 4.90 Å². The maximum atomic E-state index is 13.4. The first-order valence-electron chi connectivity index (χ1n) is 10.3. The van der Waals surface area contributed by atoms with Gasteiger partial charge in [0.15, 0.2) is 11.5 Å². The molecule has 7 nitrogen and oxygen atoms in total. The van der Waals surface area contributed by atoms with Crippen molar-refractivity contribution in [2.75, 3.05) is 13.2 Å². The van der Waals surface area contributed by atoms with E-state index in [1.165, 1.54) is 0 Å². The molecule has 0 saturated heterocycles. The number of amides is 1. The van der Waals surface area contributed by atoms with Crippen molar-refractivity contribution in [3.05, 3.63) is 53.6 Å². The molecule has 0 atom stereocenters. The summed E-state index contributed by atoms with van der Waals surface area (Å²) in [4.78, 5) is 12.4. The topological polar surface area (TPSA) is 84.9 Å². The molecule has 0 radical (unpaired) electrons. The van der Waals surface area contributed by atoms with Crippen molar-refractivity contribution in [2.45, 2.75) is 49.2 Å². The minimum absolute atomic E-state index is 0.000965.